The zero-order chi connectivity index (χ0) is 8.97. The van der Waals surface area contributed by atoms with Crippen LogP contribution in [0.25, 0.3) is 0 Å². The Morgan fingerprint density at radius 1 is 1.42 bits per heavy atom. The summed E-state index contributed by atoms with van der Waals surface area (Å²) in [4.78, 5) is 23.8. The van der Waals surface area contributed by atoms with Crippen molar-refractivity contribution in [3.8, 4) is 0 Å². The van der Waals surface area contributed by atoms with Crippen LogP contribution in [0.2, 0.25) is 0 Å². The SMILES string of the molecule is CC=CC(=O)N1CCC(=O)CC1. The number of piperidine rings is 1. The summed E-state index contributed by atoms with van der Waals surface area (Å²) >= 11 is 0. The van der Waals surface area contributed by atoms with Crippen molar-refractivity contribution in [2.45, 2.75) is 19.8 Å². The monoisotopic (exact) mass is 167 g/mol. The van der Waals surface area contributed by atoms with Crippen LogP contribution in [0, 0.1) is 0 Å². The van der Waals surface area contributed by atoms with Gasteiger partial charge in [0.1, 0.15) is 5.78 Å². The van der Waals surface area contributed by atoms with E-state index in [2.05, 4.69) is 0 Å². The molecule has 0 spiro atoms. The summed E-state index contributed by atoms with van der Waals surface area (Å²) in [6.45, 7) is 2.98. The standard InChI is InChI=1S/C9H13NO2/c1-2-3-9(12)10-6-4-8(11)5-7-10/h2-3H,4-7H2,1H3. The van der Waals surface area contributed by atoms with Gasteiger partial charge >= 0.3 is 0 Å². The highest BCUT2D eigenvalue weighted by Gasteiger charge is 2.18. The van der Waals surface area contributed by atoms with Gasteiger partial charge in [-0.25, -0.2) is 0 Å². The van der Waals surface area contributed by atoms with Gasteiger partial charge in [0, 0.05) is 25.9 Å². The number of nitrogens with zero attached hydrogens (tertiary/aromatic N) is 1. The summed E-state index contributed by atoms with van der Waals surface area (Å²) < 4.78 is 0. The number of amides is 1. The Bertz CT molecular complexity index is 211. The molecule has 0 atom stereocenters. The minimum absolute atomic E-state index is 0.0185. The molecule has 0 aromatic heterocycles. The van der Waals surface area contributed by atoms with Gasteiger partial charge in [-0.3, -0.25) is 9.59 Å². The van der Waals surface area contributed by atoms with E-state index in [1.54, 1.807) is 11.0 Å². The van der Waals surface area contributed by atoms with E-state index in [4.69, 9.17) is 0 Å². The lowest BCUT2D eigenvalue weighted by molar-refractivity contribution is -0.130. The molecule has 1 amide bonds. The van der Waals surface area contributed by atoms with Crippen molar-refractivity contribution in [3.05, 3.63) is 12.2 Å². The molecule has 3 nitrogen and oxygen atoms in total. The van der Waals surface area contributed by atoms with E-state index in [0.29, 0.717) is 25.9 Å². The molecule has 0 aliphatic carbocycles. The predicted molar refractivity (Wildman–Crippen MR) is 45.6 cm³/mol. The molecule has 0 aromatic rings. The fourth-order valence-corrected chi connectivity index (χ4v) is 1.22. The van der Waals surface area contributed by atoms with Crippen LogP contribution in [0.5, 0.6) is 0 Å². The molecule has 0 N–H and O–H groups in total. The molecule has 1 rings (SSSR count). The molecule has 1 aliphatic rings. The van der Waals surface area contributed by atoms with Crippen molar-refractivity contribution >= 4 is 11.7 Å². The van der Waals surface area contributed by atoms with Gasteiger partial charge in [-0.2, -0.15) is 0 Å². The number of rotatable bonds is 1. The average molecular weight is 167 g/mol. The Labute approximate surface area is 72.0 Å². The van der Waals surface area contributed by atoms with Gasteiger partial charge in [-0.15, -0.1) is 0 Å². The molecule has 1 saturated heterocycles. The molecular weight excluding hydrogens is 154 g/mol. The topological polar surface area (TPSA) is 37.4 Å². The Morgan fingerprint density at radius 2 is 2.00 bits per heavy atom. The van der Waals surface area contributed by atoms with Gasteiger partial charge in [0.15, 0.2) is 0 Å². The zero-order valence-electron chi connectivity index (χ0n) is 7.25. The first-order valence-corrected chi connectivity index (χ1v) is 4.17. The van der Waals surface area contributed by atoms with Gasteiger partial charge in [0.05, 0.1) is 0 Å². The number of hydrogen-bond donors (Lipinski definition) is 0. The number of likely N-dealkylation sites (tertiary alicyclic amines) is 1. The minimum Gasteiger partial charge on any atom is -0.338 e. The molecule has 1 fully saturated rings. The van der Waals surface area contributed by atoms with Crippen molar-refractivity contribution in [1.29, 1.82) is 0 Å². The smallest absolute Gasteiger partial charge is 0.246 e. The molecule has 0 saturated carbocycles. The van der Waals surface area contributed by atoms with Gasteiger partial charge in [0.2, 0.25) is 5.91 Å². The van der Waals surface area contributed by atoms with Gasteiger partial charge in [-0.05, 0) is 13.0 Å². The van der Waals surface area contributed by atoms with Crippen LogP contribution in [0.1, 0.15) is 19.8 Å². The summed E-state index contributed by atoms with van der Waals surface area (Å²) in [5, 5.41) is 0. The van der Waals surface area contributed by atoms with Gasteiger partial charge < -0.3 is 4.90 Å². The van der Waals surface area contributed by atoms with Crippen LogP contribution >= 0.6 is 0 Å². The Balaban J connectivity index is 2.44. The summed E-state index contributed by atoms with van der Waals surface area (Å²) in [5.74, 6) is 0.282. The van der Waals surface area contributed by atoms with Crippen molar-refractivity contribution in [3.63, 3.8) is 0 Å². The summed E-state index contributed by atoms with van der Waals surface area (Å²) in [6, 6.07) is 0. The van der Waals surface area contributed by atoms with Gasteiger partial charge in [0.25, 0.3) is 0 Å². The van der Waals surface area contributed by atoms with E-state index in [1.807, 2.05) is 6.92 Å². The molecule has 1 aliphatic heterocycles. The molecule has 0 bridgehead atoms. The second-order valence-corrected chi connectivity index (χ2v) is 2.86. The summed E-state index contributed by atoms with van der Waals surface area (Å²) in [5.41, 5.74) is 0. The highest BCUT2D eigenvalue weighted by molar-refractivity contribution is 5.89. The molecular formula is C9H13NO2. The van der Waals surface area contributed by atoms with Crippen LogP contribution in [0.15, 0.2) is 12.2 Å². The quantitative estimate of drug-likeness (QED) is 0.540. The van der Waals surface area contributed by atoms with Crippen LogP contribution in [-0.4, -0.2) is 29.7 Å². The molecule has 12 heavy (non-hydrogen) atoms. The van der Waals surface area contributed by atoms with Crippen molar-refractivity contribution in [1.82, 2.24) is 4.90 Å². The second kappa shape index (κ2) is 4.04. The van der Waals surface area contributed by atoms with Crippen LogP contribution in [0.3, 0.4) is 0 Å². The van der Waals surface area contributed by atoms with E-state index in [-0.39, 0.29) is 11.7 Å². The Morgan fingerprint density at radius 3 is 2.50 bits per heavy atom. The maximum absolute atomic E-state index is 11.2. The van der Waals surface area contributed by atoms with Crippen LogP contribution in [0.4, 0.5) is 0 Å². The Kier molecular flexibility index (Phi) is 3.02. The molecule has 0 unspecified atom stereocenters. The molecule has 1 heterocycles. The van der Waals surface area contributed by atoms with Crippen molar-refractivity contribution in [2.75, 3.05) is 13.1 Å². The number of Topliss-reactive ketones (excluding diaryl/α,β-unsaturated/α-hetero) is 1. The van der Waals surface area contributed by atoms with Crippen LogP contribution in [-0.2, 0) is 9.59 Å². The highest BCUT2D eigenvalue weighted by atomic mass is 16.2. The molecule has 0 aromatic carbocycles. The third-order valence-electron chi connectivity index (χ3n) is 1.94. The molecule has 66 valence electrons. The Hall–Kier alpha value is -1.12. The minimum atomic E-state index is 0.0185. The first kappa shape index (κ1) is 8.97. The molecule has 0 radical (unpaired) electrons. The second-order valence-electron chi connectivity index (χ2n) is 2.86. The number of carbonyl (C=O) groups excluding carboxylic acids is 2. The average Bonchev–Trinajstić information content (AvgIpc) is 2.06. The number of carbonyl (C=O) groups is 2. The van der Waals surface area contributed by atoms with Crippen LogP contribution < -0.4 is 0 Å². The van der Waals surface area contributed by atoms with E-state index in [9.17, 15) is 9.59 Å². The van der Waals surface area contributed by atoms with E-state index in [1.165, 1.54) is 6.08 Å². The largest absolute Gasteiger partial charge is 0.338 e. The maximum atomic E-state index is 11.2. The lowest BCUT2D eigenvalue weighted by Gasteiger charge is -2.24. The van der Waals surface area contributed by atoms with Crippen molar-refractivity contribution < 1.29 is 9.59 Å². The third kappa shape index (κ3) is 2.19. The van der Waals surface area contributed by atoms with Gasteiger partial charge in [-0.1, -0.05) is 6.08 Å². The lowest BCUT2D eigenvalue weighted by Crippen LogP contribution is -2.37. The number of allylic oxidation sites excluding steroid dienone is 1. The van der Waals surface area contributed by atoms with E-state index < -0.39 is 0 Å². The third-order valence-corrected chi connectivity index (χ3v) is 1.94. The van der Waals surface area contributed by atoms with Crippen molar-refractivity contribution in [2.24, 2.45) is 0 Å². The summed E-state index contributed by atoms with van der Waals surface area (Å²) in [7, 11) is 0. The first-order chi connectivity index (χ1) is 5.74. The number of hydrogen-bond acceptors (Lipinski definition) is 2. The van der Waals surface area contributed by atoms with E-state index in [0.717, 1.165) is 0 Å². The predicted octanol–water partition coefficient (Wildman–Crippen LogP) is 0.754. The number of ketones is 1. The molecule has 3 heteroatoms. The highest BCUT2D eigenvalue weighted by Crippen LogP contribution is 2.05. The zero-order valence-corrected chi connectivity index (χ0v) is 7.25. The first-order valence-electron chi connectivity index (χ1n) is 4.17. The lowest BCUT2D eigenvalue weighted by atomic mass is 10.1. The normalized spacial score (nSPS) is 18.8. The van der Waals surface area contributed by atoms with E-state index >= 15 is 0 Å². The fourth-order valence-electron chi connectivity index (χ4n) is 1.22. The summed E-state index contributed by atoms with van der Waals surface area (Å²) in [6.07, 6.45) is 4.29. The maximum Gasteiger partial charge on any atom is 0.246 e. The fraction of sp³-hybridized carbons (Fsp3) is 0.556.